The molecule has 0 heterocycles. The van der Waals surface area contributed by atoms with E-state index in [1.165, 1.54) is 44.1 Å². The summed E-state index contributed by atoms with van der Waals surface area (Å²) in [6, 6.07) is 10.3. The van der Waals surface area contributed by atoms with E-state index in [1.807, 2.05) is 18.2 Å². The first-order valence-electron chi connectivity index (χ1n) is 9.09. The Hall–Kier alpha value is 0.0187. The Bertz CT molecular complexity index is 296. The van der Waals surface area contributed by atoms with Gasteiger partial charge < -0.3 is 0 Å². The van der Waals surface area contributed by atoms with Crippen LogP contribution >= 0.6 is 0 Å². The molecular formula is C20H38Sn. The molecule has 0 atom stereocenters. The zero-order valence-corrected chi connectivity index (χ0v) is 18.1. The Balaban J connectivity index is 0.000000471. The van der Waals surface area contributed by atoms with E-state index in [2.05, 4.69) is 44.8 Å². The molecule has 122 valence electrons. The molecule has 0 aliphatic heterocycles. The molecule has 1 rings (SSSR count). The van der Waals surface area contributed by atoms with E-state index in [1.54, 1.807) is 13.3 Å². The molecular weight excluding hydrogens is 359 g/mol. The van der Waals surface area contributed by atoms with E-state index in [0.29, 0.717) is 0 Å². The monoisotopic (exact) mass is 398 g/mol. The van der Waals surface area contributed by atoms with Gasteiger partial charge in [0.25, 0.3) is 0 Å². The van der Waals surface area contributed by atoms with Gasteiger partial charge in [0.05, 0.1) is 0 Å². The van der Waals surface area contributed by atoms with E-state index in [9.17, 15) is 0 Å². The molecule has 0 aliphatic carbocycles. The van der Waals surface area contributed by atoms with E-state index in [4.69, 9.17) is 0 Å². The van der Waals surface area contributed by atoms with Crippen molar-refractivity contribution in [3.05, 3.63) is 35.9 Å². The maximum Gasteiger partial charge on any atom is -0.0398 e. The molecule has 1 aromatic carbocycles. The van der Waals surface area contributed by atoms with Gasteiger partial charge in [-0.2, -0.15) is 0 Å². The summed E-state index contributed by atoms with van der Waals surface area (Å²) in [4.78, 5) is 2.72. The van der Waals surface area contributed by atoms with Gasteiger partial charge in [-0.3, -0.25) is 0 Å². The fourth-order valence-electron chi connectivity index (χ4n) is 2.72. The van der Waals surface area contributed by atoms with E-state index in [0.717, 1.165) is 0 Å². The summed E-state index contributed by atoms with van der Waals surface area (Å²) in [5, 5.41) is 0. The second-order valence-corrected chi connectivity index (χ2v) is 21.4. The Labute approximate surface area is 138 Å². The first-order chi connectivity index (χ1) is 10.1. The fourth-order valence-corrected chi connectivity index (χ4v) is 15.2. The zero-order valence-electron chi connectivity index (χ0n) is 15.3. The van der Waals surface area contributed by atoms with Gasteiger partial charge in [-0.1, -0.05) is 35.9 Å². The molecule has 21 heavy (non-hydrogen) atoms. The fraction of sp³-hybridized carbons (Fsp3) is 0.700. The van der Waals surface area contributed by atoms with Gasteiger partial charge in [-0.05, 0) is 6.92 Å². The van der Waals surface area contributed by atoms with E-state index >= 15 is 0 Å². The summed E-state index contributed by atoms with van der Waals surface area (Å²) in [5.41, 5.74) is 1.32. The van der Waals surface area contributed by atoms with Crippen LogP contribution in [0.15, 0.2) is 30.3 Å². The maximum absolute atomic E-state index is 2.72. The Kier molecular flexibility index (Phi) is 13.7. The molecule has 0 amide bonds. The standard InChI is InChI=1S/C7H8.3C4H9.CH3.Sn/c1-7-5-3-2-4-6-7;3*1-3-4-2;;/h2-6H,1H3;3*1,3-4H2,2H3;1H3;. The van der Waals surface area contributed by atoms with Gasteiger partial charge >= 0.3 is 95.9 Å². The quantitative estimate of drug-likeness (QED) is 0.380. The average molecular weight is 397 g/mol. The van der Waals surface area contributed by atoms with Crippen molar-refractivity contribution in [1.82, 2.24) is 0 Å². The van der Waals surface area contributed by atoms with Crippen molar-refractivity contribution >= 4 is 18.4 Å². The van der Waals surface area contributed by atoms with Crippen molar-refractivity contribution in [3.63, 3.8) is 0 Å². The average Bonchev–Trinajstić information content (AvgIpc) is 2.51. The molecule has 1 heteroatoms. The van der Waals surface area contributed by atoms with E-state index in [-0.39, 0.29) is 0 Å². The summed E-state index contributed by atoms with van der Waals surface area (Å²) in [6.45, 7) is 9.10. The van der Waals surface area contributed by atoms with Crippen LogP contribution in [0.3, 0.4) is 0 Å². The first-order valence-corrected chi connectivity index (χ1v) is 18.0. The van der Waals surface area contributed by atoms with Gasteiger partial charge in [0.2, 0.25) is 0 Å². The molecule has 0 aromatic heterocycles. The number of rotatable bonds is 9. The largest absolute Gasteiger partial charge is 0.0622 e. The molecule has 0 saturated carbocycles. The third-order valence-corrected chi connectivity index (χ3v) is 17.7. The van der Waals surface area contributed by atoms with Crippen LogP contribution in [0.2, 0.25) is 18.2 Å². The number of hydrogen-bond donors (Lipinski definition) is 0. The minimum atomic E-state index is -1.56. The third kappa shape index (κ3) is 12.3. The molecule has 1 aromatic rings. The van der Waals surface area contributed by atoms with Crippen molar-refractivity contribution in [2.45, 2.75) is 84.5 Å². The number of hydrogen-bond acceptors (Lipinski definition) is 0. The van der Waals surface area contributed by atoms with Gasteiger partial charge in [-0.25, -0.2) is 0 Å². The van der Waals surface area contributed by atoms with Crippen LogP contribution < -0.4 is 0 Å². The van der Waals surface area contributed by atoms with Crippen molar-refractivity contribution < 1.29 is 0 Å². The van der Waals surface area contributed by atoms with Crippen LogP contribution in [-0.4, -0.2) is 18.4 Å². The topological polar surface area (TPSA) is 0 Å². The van der Waals surface area contributed by atoms with Crippen molar-refractivity contribution in [2.75, 3.05) is 0 Å². The molecule has 0 aliphatic rings. The summed E-state index contributed by atoms with van der Waals surface area (Å²) in [7, 11) is 0. The summed E-state index contributed by atoms with van der Waals surface area (Å²) >= 11 is -1.56. The van der Waals surface area contributed by atoms with Gasteiger partial charge in [-0.15, -0.1) is 0 Å². The van der Waals surface area contributed by atoms with Crippen molar-refractivity contribution in [3.8, 4) is 0 Å². The van der Waals surface area contributed by atoms with Crippen LogP contribution in [0, 0.1) is 6.92 Å². The predicted molar refractivity (Wildman–Crippen MR) is 102 cm³/mol. The molecule has 0 nitrogen and oxygen atoms in total. The summed E-state index contributed by atoms with van der Waals surface area (Å²) in [6.07, 6.45) is 8.76. The van der Waals surface area contributed by atoms with Gasteiger partial charge in [0.1, 0.15) is 0 Å². The van der Waals surface area contributed by atoms with Gasteiger partial charge in [0, 0.05) is 0 Å². The van der Waals surface area contributed by atoms with Crippen molar-refractivity contribution in [2.24, 2.45) is 0 Å². The van der Waals surface area contributed by atoms with E-state index < -0.39 is 18.4 Å². The summed E-state index contributed by atoms with van der Waals surface area (Å²) < 4.78 is 4.97. The smallest absolute Gasteiger partial charge is 0.0398 e. The maximum atomic E-state index is 2.72. The first kappa shape index (κ1) is 21.0. The number of unbranched alkanes of at least 4 members (excludes halogenated alkanes) is 3. The second-order valence-electron chi connectivity index (χ2n) is 6.78. The summed E-state index contributed by atoms with van der Waals surface area (Å²) in [5.74, 6) is 0. The minimum absolute atomic E-state index is 1.32. The molecule has 0 radical (unpaired) electrons. The Morgan fingerprint density at radius 1 is 0.714 bits per heavy atom. The number of benzene rings is 1. The second kappa shape index (κ2) is 13.7. The molecule has 0 unspecified atom stereocenters. The van der Waals surface area contributed by atoms with Gasteiger partial charge in [0.15, 0.2) is 0 Å². The number of aryl methyl sites for hydroxylation is 1. The normalized spacial score (nSPS) is 10.9. The molecule has 0 bridgehead atoms. The Morgan fingerprint density at radius 3 is 1.33 bits per heavy atom. The molecule has 0 spiro atoms. The molecule has 0 fully saturated rings. The van der Waals surface area contributed by atoms with Crippen LogP contribution in [-0.2, 0) is 0 Å². The van der Waals surface area contributed by atoms with Crippen LogP contribution in [0.1, 0.15) is 64.9 Å². The minimum Gasteiger partial charge on any atom is -0.0622 e. The zero-order chi connectivity index (χ0) is 16.0. The molecule has 0 N–H and O–H groups in total. The van der Waals surface area contributed by atoms with Crippen LogP contribution in [0.4, 0.5) is 0 Å². The SMILES string of the molecule is CCC[CH2][Sn]([CH3])([CH2]CCC)[CH2]CCC.Cc1ccccc1. The van der Waals surface area contributed by atoms with Crippen LogP contribution in [0.5, 0.6) is 0 Å². The van der Waals surface area contributed by atoms with Crippen molar-refractivity contribution in [1.29, 1.82) is 0 Å². The third-order valence-electron chi connectivity index (χ3n) is 4.34. The predicted octanol–water partition coefficient (Wildman–Crippen LogP) is 7.46. The van der Waals surface area contributed by atoms with Crippen LogP contribution in [0.25, 0.3) is 0 Å². The Morgan fingerprint density at radius 2 is 1.10 bits per heavy atom. The molecule has 0 saturated heterocycles.